The molecule has 6 rings (SSSR count). The maximum absolute atomic E-state index is 14.8. The van der Waals surface area contributed by atoms with Gasteiger partial charge < -0.3 is 28.6 Å². The molecule has 1 spiro atoms. The molecule has 2 fully saturated rings. The summed E-state index contributed by atoms with van der Waals surface area (Å²) in [5, 5.41) is 0. The molecular weight excluding hydrogens is 557 g/mol. The number of ether oxygens (including phenoxy) is 3. The van der Waals surface area contributed by atoms with Crippen molar-refractivity contribution < 1.29 is 27.9 Å². The molecule has 3 aliphatic rings. The molecule has 0 aromatic heterocycles. The first kappa shape index (κ1) is 28.6. The molecule has 222 valence electrons. The molecule has 0 radical (unpaired) electrons. The number of likely N-dealkylation sites (tertiary alicyclic amines) is 1. The highest BCUT2D eigenvalue weighted by molar-refractivity contribution is 7.92. The SMILES string of the molecule is COc1ccc(CN2C(=O)C3(CCC3)c3cc(N[S@@+]([O-])c4c(F)cccc4OC)cc(OC4CCN(C)CC4)c32)cc1. The van der Waals surface area contributed by atoms with E-state index in [4.69, 9.17) is 14.2 Å². The van der Waals surface area contributed by atoms with Gasteiger partial charge in [0.15, 0.2) is 11.6 Å². The number of rotatable bonds is 9. The van der Waals surface area contributed by atoms with E-state index in [0.29, 0.717) is 18.0 Å². The van der Waals surface area contributed by atoms with Crippen LogP contribution in [0.2, 0.25) is 0 Å². The van der Waals surface area contributed by atoms with Crippen LogP contribution in [0.1, 0.15) is 43.2 Å². The molecule has 1 saturated heterocycles. The Hall–Kier alpha value is -3.47. The first-order valence-corrected chi connectivity index (χ1v) is 15.5. The van der Waals surface area contributed by atoms with Gasteiger partial charge in [-0.15, -0.1) is 0 Å². The Bertz CT molecular complexity index is 1460. The van der Waals surface area contributed by atoms with Crippen LogP contribution in [0.25, 0.3) is 0 Å². The molecule has 8 nitrogen and oxygen atoms in total. The van der Waals surface area contributed by atoms with E-state index in [1.165, 1.54) is 19.2 Å². The van der Waals surface area contributed by atoms with E-state index in [1.807, 2.05) is 35.2 Å². The molecule has 3 aromatic rings. The number of hydrogen-bond donors (Lipinski definition) is 1. The molecule has 0 bridgehead atoms. The molecule has 42 heavy (non-hydrogen) atoms. The third-order valence-electron chi connectivity index (χ3n) is 8.73. The van der Waals surface area contributed by atoms with Gasteiger partial charge in [0.25, 0.3) is 4.90 Å². The van der Waals surface area contributed by atoms with E-state index in [0.717, 1.165) is 67.8 Å². The van der Waals surface area contributed by atoms with Gasteiger partial charge in [0.2, 0.25) is 5.91 Å². The number of halogens is 1. The zero-order valence-corrected chi connectivity index (χ0v) is 25.0. The number of nitrogens with one attached hydrogen (secondary N) is 1. The molecule has 1 aliphatic carbocycles. The molecule has 2 aliphatic heterocycles. The van der Waals surface area contributed by atoms with Crippen LogP contribution < -0.4 is 23.8 Å². The summed E-state index contributed by atoms with van der Waals surface area (Å²) in [7, 11) is 5.14. The van der Waals surface area contributed by atoms with Crippen LogP contribution in [0.3, 0.4) is 0 Å². The Morgan fingerprint density at radius 1 is 1.05 bits per heavy atom. The van der Waals surface area contributed by atoms with Crippen molar-refractivity contribution in [2.75, 3.05) is 44.0 Å². The highest BCUT2D eigenvalue weighted by Gasteiger charge is 2.55. The number of nitrogens with zero attached hydrogens (tertiary/aromatic N) is 2. The van der Waals surface area contributed by atoms with Gasteiger partial charge in [-0.2, -0.15) is 0 Å². The largest absolute Gasteiger partial charge is 0.588 e. The number of carbonyl (C=O) groups is 1. The molecule has 1 saturated carbocycles. The number of carbonyl (C=O) groups excluding carboxylic acids is 1. The Morgan fingerprint density at radius 2 is 1.79 bits per heavy atom. The third kappa shape index (κ3) is 5.16. The maximum Gasteiger partial charge on any atom is 0.256 e. The van der Waals surface area contributed by atoms with E-state index in [9.17, 15) is 13.7 Å². The van der Waals surface area contributed by atoms with Crippen molar-refractivity contribution in [3.05, 3.63) is 71.5 Å². The summed E-state index contributed by atoms with van der Waals surface area (Å²) in [5.74, 6) is 0.958. The molecule has 1 amide bonds. The molecule has 1 N–H and O–H groups in total. The lowest BCUT2D eigenvalue weighted by molar-refractivity contribution is -0.126. The van der Waals surface area contributed by atoms with Crippen LogP contribution in [0.5, 0.6) is 17.2 Å². The summed E-state index contributed by atoms with van der Waals surface area (Å²) >= 11 is -1.96. The molecular formula is C32H36FN3O5S. The number of piperidine rings is 1. The predicted octanol–water partition coefficient (Wildman–Crippen LogP) is 5.42. The third-order valence-corrected chi connectivity index (χ3v) is 9.92. The van der Waals surface area contributed by atoms with E-state index < -0.39 is 22.6 Å². The van der Waals surface area contributed by atoms with Crippen molar-refractivity contribution in [2.45, 2.75) is 55.1 Å². The summed E-state index contributed by atoms with van der Waals surface area (Å²) in [6.45, 7) is 2.23. The van der Waals surface area contributed by atoms with Crippen LogP contribution in [-0.4, -0.2) is 55.8 Å². The summed E-state index contributed by atoms with van der Waals surface area (Å²) < 4.78 is 48.5. The van der Waals surface area contributed by atoms with Crippen molar-refractivity contribution in [3.8, 4) is 17.2 Å². The summed E-state index contributed by atoms with van der Waals surface area (Å²) in [4.78, 5) is 18.2. The zero-order valence-electron chi connectivity index (χ0n) is 24.2. The van der Waals surface area contributed by atoms with Crippen LogP contribution in [0.15, 0.2) is 59.5 Å². The fourth-order valence-corrected chi connectivity index (χ4v) is 7.24. The number of benzene rings is 3. The van der Waals surface area contributed by atoms with Crippen LogP contribution in [0, 0.1) is 5.82 Å². The van der Waals surface area contributed by atoms with E-state index in [2.05, 4.69) is 16.7 Å². The molecule has 10 heteroatoms. The number of anilines is 2. The smallest absolute Gasteiger partial charge is 0.256 e. The lowest BCUT2D eigenvalue weighted by atomic mass is 9.65. The van der Waals surface area contributed by atoms with Gasteiger partial charge >= 0.3 is 0 Å². The molecule has 1 atom stereocenters. The zero-order chi connectivity index (χ0) is 29.4. The first-order chi connectivity index (χ1) is 20.3. The fourth-order valence-electron chi connectivity index (χ4n) is 6.22. The summed E-state index contributed by atoms with van der Waals surface area (Å²) in [6.07, 6.45) is 4.12. The lowest BCUT2D eigenvalue weighted by Crippen LogP contribution is -2.44. The number of methoxy groups -OCH3 is 2. The van der Waals surface area contributed by atoms with Gasteiger partial charge in [0, 0.05) is 19.2 Å². The van der Waals surface area contributed by atoms with Gasteiger partial charge in [0.1, 0.15) is 29.0 Å². The minimum absolute atomic E-state index is 0.0198. The van der Waals surface area contributed by atoms with Gasteiger partial charge in [0.05, 0.1) is 37.6 Å². The normalized spacial score (nSPS) is 18.9. The fraction of sp³-hybridized carbons (Fsp3) is 0.406. The Morgan fingerprint density at radius 3 is 2.43 bits per heavy atom. The van der Waals surface area contributed by atoms with Crippen LogP contribution in [0.4, 0.5) is 15.8 Å². The number of amides is 1. The lowest BCUT2D eigenvalue weighted by Gasteiger charge is -2.37. The van der Waals surface area contributed by atoms with Crippen molar-refractivity contribution >= 4 is 28.6 Å². The number of fused-ring (bicyclic) bond motifs is 2. The van der Waals surface area contributed by atoms with Gasteiger partial charge in [-0.3, -0.25) is 4.79 Å². The minimum Gasteiger partial charge on any atom is -0.588 e. The molecule has 2 heterocycles. The van der Waals surface area contributed by atoms with E-state index >= 15 is 0 Å². The van der Waals surface area contributed by atoms with Gasteiger partial charge in [-0.1, -0.05) is 24.6 Å². The number of hydrogen-bond acceptors (Lipinski definition) is 7. The molecule has 3 aromatic carbocycles. The topological polar surface area (TPSA) is 86.3 Å². The average Bonchev–Trinajstić information content (AvgIpc) is 3.22. The maximum atomic E-state index is 14.8. The van der Waals surface area contributed by atoms with Gasteiger partial charge in [-0.05, 0) is 74.2 Å². The van der Waals surface area contributed by atoms with Gasteiger partial charge in [-0.25, -0.2) is 9.11 Å². The quantitative estimate of drug-likeness (QED) is 0.332. The van der Waals surface area contributed by atoms with Crippen LogP contribution >= 0.6 is 0 Å². The van der Waals surface area contributed by atoms with E-state index in [1.54, 1.807) is 19.2 Å². The predicted molar refractivity (Wildman–Crippen MR) is 160 cm³/mol. The van der Waals surface area contributed by atoms with Crippen molar-refractivity contribution in [2.24, 2.45) is 0 Å². The molecule has 0 unspecified atom stereocenters. The van der Waals surface area contributed by atoms with Crippen molar-refractivity contribution in [1.29, 1.82) is 0 Å². The van der Waals surface area contributed by atoms with Crippen LogP contribution in [-0.2, 0) is 28.1 Å². The second-order valence-corrected chi connectivity index (χ2v) is 12.5. The Kier molecular flexibility index (Phi) is 7.95. The second-order valence-electron chi connectivity index (χ2n) is 11.3. The standard InChI is InChI=1S/C32H36FN3O5S/c1-35-16-12-24(13-17-35)41-28-19-22(34-42(38)30-26(33)6-4-7-27(30)40-3)18-25-29(28)36(31(37)32(25)14-5-15-32)20-21-8-10-23(39-2)11-9-21/h4,6-11,18-19,24,34H,5,12-17,20H2,1-3H3/t42-/m0/s1. The Balaban J connectivity index is 1.40. The van der Waals surface area contributed by atoms with Crippen molar-refractivity contribution in [1.82, 2.24) is 4.90 Å². The van der Waals surface area contributed by atoms with E-state index in [-0.39, 0.29) is 22.7 Å². The second kappa shape index (κ2) is 11.7. The average molecular weight is 594 g/mol. The first-order valence-electron chi connectivity index (χ1n) is 14.3. The summed E-state index contributed by atoms with van der Waals surface area (Å²) in [6, 6.07) is 15.8. The monoisotopic (exact) mass is 593 g/mol. The minimum atomic E-state index is -1.96. The van der Waals surface area contributed by atoms with Crippen molar-refractivity contribution in [3.63, 3.8) is 0 Å². The Labute approximate surface area is 249 Å². The highest BCUT2D eigenvalue weighted by Crippen LogP contribution is 2.57. The highest BCUT2D eigenvalue weighted by atomic mass is 32.2. The summed E-state index contributed by atoms with van der Waals surface area (Å²) in [5.41, 5.74) is 2.48.